The van der Waals surface area contributed by atoms with E-state index >= 15 is 0 Å². The maximum absolute atomic E-state index is 2.46. The zero-order valence-electron chi connectivity index (χ0n) is 32.6. The van der Waals surface area contributed by atoms with E-state index in [1.165, 1.54) is 72.4 Å². The summed E-state index contributed by atoms with van der Waals surface area (Å²) >= 11 is 0. The van der Waals surface area contributed by atoms with Crippen LogP contribution >= 0.6 is 0 Å². The molecule has 8 aromatic rings. The van der Waals surface area contributed by atoms with Crippen LogP contribution in [-0.2, 0) is 10.8 Å². The average Bonchev–Trinajstić information content (AvgIpc) is 3.74. The van der Waals surface area contributed by atoms with Gasteiger partial charge in [0.05, 0.1) is 5.41 Å². The highest BCUT2D eigenvalue weighted by Crippen LogP contribution is 2.57. The lowest BCUT2D eigenvalue weighted by Crippen LogP contribution is -2.28. The number of hydrogen-bond donors (Lipinski definition) is 0. The molecule has 10 rings (SSSR count). The molecule has 0 N–H and O–H groups in total. The zero-order chi connectivity index (χ0) is 38.4. The number of benzene rings is 8. The van der Waals surface area contributed by atoms with E-state index in [1.807, 2.05) is 0 Å². The molecule has 1 nitrogen and oxygen atoms in total. The van der Waals surface area contributed by atoms with Crippen LogP contribution in [0.15, 0.2) is 200 Å². The number of anilines is 3. The highest BCUT2D eigenvalue weighted by molar-refractivity contribution is 5.88. The Kier molecular flexibility index (Phi) is 8.60. The van der Waals surface area contributed by atoms with Crippen molar-refractivity contribution >= 4 is 29.2 Å². The van der Waals surface area contributed by atoms with Crippen molar-refractivity contribution in [2.75, 3.05) is 4.90 Å². The first-order valence-electron chi connectivity index (χ1n) is 20.4. The van der Waals surface area contributed by atoms with E-state index in [0.29, 0.717) is 0 Å². The molecule has 2 aliphatic rings. The number of para-hydroxylation sites is 2. The Morgan fingerprint density at radius 1 is 0.368 bits per heavy atom. The van der Waals surface area contributed by atoms with E-state index in [2.05, 4.69) is 231 Å². The van der Waals surface area contributed by atoms with Crippen molar-refractivity contribution in [1.82, 2.24) is 0 Å². The smallest absolute Gasteiger partial charge is 0.0713 e. The van der Waals surface area contributed by atoms with Crippen LogP contribution < -0.4 is 4.90 Å². The molecule has 0 aromatic heterocycles. The molecule has 8 aromatic carbocycles. The maximum atomic E-state index is 2.46. The van der Waals surface area contributed by atoms with Crippen molar-refractivity contribution in [2.24, 2.45) is 0 Å². The van der Waals surface area contributed by atoms with E-state index in [-0.39, 0.29) is 10.8 Å². The third-order valence-electron chi connectivity index (χ3n) is 12.8. The standard InChI is InChI=1S/C56H45N/c1-3-55(4-2)53-38-41(32-36-49(53)50-37-35-46(39-54(50)55)57(44-20-10-6-11-21-44)45-22-12-7-13-23-45)29-28-40-30-33-43(34-31-40)56(42-18-8-5-9-19-42)51-26-16-14-24-47(51)48-25-15-17-27-52(48)56/h5-39H,3-4H2,1-2H3/b29-28+. The highest BCUT2D eigenvalue weighted by Gasteiger charge is 2.46. The van der Waals surface area contributed by atoms with Gasteiger partial charge in [-0.25, -0.2) is 0 Å². The van der Waals surface area contributed by atoms with Crippen molar-refractivity contribution in [3.8, 4) is 22.3 Å². The van der Waals surface area contributed by atoms with Gasteiger partial charge in [-0.2, -0.15) is 0 Å². The van der Waals surface area contributed by atoms with Gasteiger partial charge in [-0.05, 0) is 116 Å². The van der Waals surface area contributed by atoms with Gasteiger partial charge in [0.25, 0.3) is 0 Å². The summed E-state index contributed by atoms with van der Waals surface area (Å²) in [5, 5.41) is 0. The molecule has 57 heavy (non-hydrogen) atoms. The van der Waals surface area contributed by atoms with Gasteiger partial charge in [-0.3, -0.25) is 0 Å². The quantitative estimate of drug-likeness (QED) is 0.134. The van der Waals surface area contributed by atoms with Gasteiger partial charge >= 0.3 is 0 Å². The molecule has 0 bridgehead atoms. The first-order chi connectivity index (χ1) is 28.2. The van der Waals surface area contributed by atoms with Crippen LogP contribution in [-0.4, -0.2) is 0 Å². The number of rotatable bonds is 9. The summed E-state index contributed by atoms with van der Waals surface area (Å²) in [6, 6.07) is 73.8. The fourth-order valence-electron chi connectivity index (χ4n) is 10.1. The molecule has 0 radical (unpaired) electrons. The van der Waals surface area contributed by atoms with Crippen LogP contribution in [0.5, 0.6) is 0 Å². The summed E-state index contributed by atoms with van der Waals surface area (Å²) in [5.74, 6) is 0. The van der Waals surface area contributed by atoms with E-state index in [4.69, 9.17) is 0 Å². The predicted octanol–water partition coefficient (Wildman–Crippen LogP) is 14.8. The maximum Gasteiger partial charge on any atom is 0.0713 e. The van der Waals surface area contributed by atoms with E-state index < -0.39 is 0 Å². The second-order valence-electron chi connectivity index (χ2n) is 15.5. The Bertz CT molecular complexity index is 2650. The molecule has 0 aliphatic heterocycles. The molecule has 274 valence electrons. The van der Waals surface area contributed by atoms with Gasteiger partial charge in [-0.1, -0.05) is 190 Å². The van der Waals surface area contributed by atoms with E-state index in [0.717, 1.165) is 24.2 Å². The molecule has 2 aliphatic carbocycles. The van der Waals surface area contributed by atoms with Crippen molar-refractivity contribution in [2.45, 2.75) is 37.5 Å². The first-order valence-corrected chi connectivity index (χ1v) is 20.4. The second kappa shape index (κ2) is 14.1. The largest absolute Gasteiger partial charge is 0.310 e. The molecule has 1 heteroatoms. The Hall–Kier alpha value is -6.70. The minimum Gasteiger partial charge on any atom is -0.310 e. The fourth-order valence-corrected chi connectivity index (χ4v) is 10.1. The highest BCUT2D eigenvalue weighted by atomic mass is 15.1. The zero-order valence-corrected chi connectivity index (χ0v) is 32.6. The lowest BCUT2D eigenvalue weighted by Gasteiger charge is -2.33. The van der Waals surface area contributed by atoms with Gasteiger partial charge in [0.2, 0.25) is 0 Å². The molecule has 0 amide bonds. The van der Waals surface area contributed by atoms with Gasteiger partial charge < -0.3 is 4.90 Å². The van der Waals surface area contributed by atoms with Crippen molar-refractivity contribution in [3.63, 3.8) is 0 Å². The van der Waals surface area contributed by atoms with E-state index in [9.17, 15) is 0 Å². The molecule has 0 fully saturated rings. The molecular formula is C56H45N. The van der Waals surface area contributed by atoms with Crippen molar-refractivity contribution in [3.05, 3.63) is 245 Å². The van der Waals surface area contributed by atoms with Crippen LogP contribution in [0.1, 0.15) is 71.2 Å². The van der Waals surface area contributed by atoms with Crippen LogP contribution in [0.3, 0.4) is 0 Å². The SMILES string of the molecule is CCC1(CC)c2cc(/C=C/c3ccc(C4(c5ccccc5)c5ccccc5-c5ccccc54)cc3)ccc2-c2ccc(N(c3ccccc3)c3ccccc3)cc21. The van der Waals surface area contributed by atoms with Crippen LogP contribution in [0.25, 0.3) is 34.4 Å². The van der Waals surface area contributed by atoms with Crippen LogP contribution in [0.4, 0.5) is 17.1 Å². The summed E-state index contributed by atoms with van der Waals surface area (Å²) in [6.07, 6.45) is 6.63. The van der Waals surface area contributed by atoms with Crippen LogP contribution in [0, 0.1) is 0 Å². The van der Waals surface area contributed by atoms with Crippen LogP contribution in [0.2, 0.25) is 0 Å². The van der Waals surface area contributed by atoms with Crippen molar-refractivity contribution in [1.29, 1.82) is 0 Å². The summed E-state index contributed by atoms with van der Waals surface area (Å²) in [7, 11) is 0. The molecule has 0 heterocycles. The van der Waals surface area contributed by atoms with E-state index in [1.54, 1.807) is 0 Å². The second-order valence-corrected chi connectivity index (χ2v) is 15.5. The number of fused-ring (bicyclic) bond motifs is 6. The molecule has 0 saturated carbocycles. The Labute approximate surface area is 337 Å². The summed E-state index contributed by atoms with van der Waals surface area (Å²) in [4.78, 5) is 2.38. The average molecular weight is 732 g/mol. The third kappa shape index (κ3) is 5.45. The normalized spacial score (nSPS) is 14.1. The van der Waals surface area contributed by atoms with Gasteiger partial charge in [0, 0.05) is 22.5 Å². The van der Waals surface area contributed by atoms with Gasteiger partial charge in [-0.15, -0.1) is 0 Å². The first kappa shape index (κ1) is 34.8. The summed E-state index contributed by atoms with van der Waals surface area (Å²) in [5.41, 5.74) is 18.9. The molecule has 0 atom stereocenters. The molecule has 0 spiro atoms. The minimum atomic E-state index is -0.381. The fraction of sp³-hybridized carbons (Fsp3) is 0.107. The summed E-state index contributed by atoms with van der Waals surface area (Å²) < 4.78 is 0. The van der Waals surface area contributed by atoms with Crippen molar-refractivity contribution < 1.29 is 0 Å². The summed E-state index contributed by atoms with van der Waals surface area (Å²) in [6.45, 7) is 4.71. The molecule has 0 unspecified atom stereocenters. The van der Waals surface area contributed by atoms with Gasteiger partial charge in [0.15, 0.2) is 0 Å². The number of hydrogen-bond acceptors (Lipinski definition) is 1. The Morgan fingerprint density at radius 2 is 0.807 bits per heavy atom. The lowest BCUT2D eigenvalue weighted by molar-refractivity contribution is 0.490. The molecule has 0 saturated heterocycles. The number of nitrogens with zero attached hydrogens (tertiary/aromatic N) is 1. The predicted molar refractivity (Wildman–Crippen MR) is 241 cm³/mol. The Morgan fingerprint density at radius 3 is 1.39 bits per heavy atom. The lowest BCUT2D eigenvalue weighted by atomic mass is 9.67. The van der Waals surface area contributed by atoms with Gasteiger partial charge in [0.1, 0.15) is 0 Å². The minimum absolute atomic E-state index is 0.0646. The third-order valence-corrected chi connectivity index (χ3v) is 12.8. The topological polar surface area (TPSA) is 3.24 Å². The Balaban J connectivity index is 1.00. The molecular weight excluding hydrogens is 687 g/mol. The monoisotopic (exact) mass is 731 g/mol.